The van der Waals surface area contributed by atoms with Crippen LogP contribution >= 0.6 is 15.9 Å². The zero-order valence-electron chi connectivity index (χ0n) is 66.8. The molecule has 0 spiro atoms. The van der Waals surface area contributed by atoms with E-state index in [2.05, 4.69) is 15.9 Å². The number of benzene rings is 15. The fourth-order valence-corrected chi connectivity index (χ4v) is 13.6. The highest BCUT2D eigenvalue weighted by Crippen LogP contribution is 2.39. The Kier molecular flexibility index (Phi) is 29.1. The van der Waals surface area contributed by atoms with Gasteiger partial charge in [0.15, 0.2) is 0 Å². The first-order valence-corrected chi connectivity index (χ1v) is 40.8. The third-order valence-electron chi connectivity index (χ3n) is 19.3. The van der Waals surface area contributed by atoms with Gasteiger partial charge >= 0.3 is 0 Å². The molecule has 0 radical (unpaired) electrons. The molecule has 0 aromatic heterocycles. The molecular weight excluding hydrogens is 1580 g/mol. The Labute approximate surface area is 714 Å². The van der Waals surface area contributed by atoms with Crippen molar-refractivity contribution in [3.8, 4) is 80.5 Å². The summed E-state index contributed by atoms with van der Waals surface area (Å²) >= 11 is 3.82. The van der Waals surface area contributed by atoms with Crippen molar-refractivity contribution in [1.29, 1.82) is 0 Å². The Morgan fingerprint density at radius 3 is 0.438 bits per heavy atom. The molecule has 15 rings (SSSR count). The van der Waals surface area contributed by atoms with Gasteiger partial charge in [0.25, 0.3) is 0 Å². The Bertz CT molecular complexity index is 5330. The van der Waals surface area contributed by atoms with Gasteiger partial charge in [0.05, 0.1) is 6.61 Å². The summed E-state index contributed by atoms with van der Waals surface area (Å²) in [7, 11) is 0. The first kappa shape index (κ1) is 82.1. The molecule has 0 aliphatic heterocycles. The minimum atomic E-state index is -0.295. The molecule has 16 heteroatoms. The van der Waals surface area contributed by atoms with Crippen molar-refractivity contribution in [2.75, 3.05) is 0 Å². The fraction of sp³-hybridized carbons (Fsp3) is 0.143. The number of halogens is 1. The molecule has 15 aromatic rings. The van der Waals surface area contributed by atoms with E-state index in [1.165, 1.54) is 0 Å². The van der Waals surface area contributed by atoms with Crippen LogP contribution in [0.15, 0.2) is 368 Å². The molecule has 0 saturated carbocycles. The van der Waals surface area contributed by atoms with Gasteiger partial charge in [0.2, 0.25) is 0 Å². The van der Waals surface area contributed by atoms with E-state index in [0.29, 0.717) is 143 Å². The van der Waals surface area contributed by atoms with E-state index in [9.17, 15) is 5.11 Å². The lowest BCUT2D eigenvalue weighted by Crippen LogP contribution is -2.04. The molecule has 0 heterocycles. The number of ether oxygens (including phenoxy) is 14. The molecule has 0 amide bonds. The summed E-state index contributed by atoms with van der Waals surface area (Å²) in [6.07, 6.45) is 0. The number of aliphatic hydroxyl groups excluding tert-OH is 1. The van der Waals surface area contributed by atoms with Crippen LogP contribution in [0.1, 0.15) is 83.5 Å². The molecule has 15 aromatic carbocycles. The number of hydrogen-bond donors (Lipinski definition) is 1. The van der Waals surface area contributed by atoms with Crippen molar-refractivity contribution in [1.82, 2.24) is 0 Å². The van der Waals surface area contributed by atoms with Gasteiger partial charge in [-0.15, -0.1) is 0 Å². The van der Waals surface area contributed by atoms with Gasteiger partial charge in [-0.2, -0.15) is 0 Å². The average Bonchev–Trinajstić information content (AvgIpc) is 0.821. The zero-order valence-corrected chi connectivity index (χ0v) is 68.4. The molecule has 0 fully saturated rings. The minimum absolute atomic E-state index is 0.0564. The highest BCUT2D eigenvalue weighted by atomic mass is 79.9. The monoisotopic (exact) mass is 1670 g/mol. The quantitative estimate of drug-likeness (QED) is 0.0386. The van der Waals surface area contributed by atoms with Crippen LogP contribution in [0.5, 0.6) is 80.5 Å². The first-order chi connectivity index (χ1) is 59.7. The van der Waals surface area contributed by atoms with Gasteiger partial charge in [-0.05, 0) is 184 Å². The van der Waals surface area contributed by atoms with E-state index in [0.717, 1.165) is 77.9 Å². The van der Waals surface area contributed by atoms with Crippen LogP contribution in [0.25, 0.3) is 0 Å². The predicted octanol–water partition coefficient (Wildman–Crippen LogP) is 24.0. The average molecular weight is 1670 g/mol. The van der Waals surface area contributed by atoms with E-state index < -0.39 is 0 Å². The third kappa shape index (κ3) is 26.0. The highest BCUT2D eigenvalue weighted by molar-refractivity contribution is 9.10. The standard InChI is InChI=1S/C105H91BrO15/c106-105-103(120-68-82-37-21-7-22-38-82)53-90(54-104(105)121-69-83-39-23-8-24-40-83)75-119-102-52-89(51-101(60-102)118-74-87-47-97(112-66-80-33-17-5-18-34-80)58-98(48-87)113-67-81-35-19-6-20-36-81)71-115-92-42-84(61-107)41-91(55-92)114-70-88-49-99(116-72-85-43-93(108-62-76-25-9-1-10-26-76)56-94(44-85)109-63-77-27-11-2-12-28-77)59-100(50-88)117-73-86-45-95(110-64-78-29-13-3-14-30-78)57-96(46-86)111-65-79-31-15-4-16-32-79/h1-60,107H,61-75H2. The van der Waals surface area contributed by atoms with Crippen LogP contribution in [0.4, 0.5) is 0 Å². The summed E-state index contributed by atoms with van der Waals surface area (Å²) in [6.45, 7) is 3.20. The van der Waals surface area contributed by atoms with E-state index in [1.54, 1.807) is 18.2 Å². The van der Waals surface area contributed by atoms with Crippen molar-refractivity contribution >= 4 is 15.9 Å². The van der Waals surface area contributed by atoms with Crippen molar-refractivity contribution in [2.45, 2.75) is 99.1 Å². The lowest BCUT2D eigenvalue weighted by atomic mass is 10.1. The molecule has 0 unspecified atom stereocenters. The second-order valence-corrected chi connectivity index (χ2v) is 29.7. The Morgan fingerprint density at radius 2 is 0.281 bits per heavy atom. The number of hydrogen-bond acceptors (Lipinski definition) is 15. The van der Waals surface area contributed by atoms with E-state index >= 15 is 0 Å². The summed E-state index contributed by atoms with van der Waals surface area (Å²) in [5.74, 6) is 7.87. The molecule has 0 aliphatic carbocycles. The summed E-state index contributed by atoms with van der Waals surface area (Å²) in [5, 5.41) is 10.9. The fourth-order valence-electron chi connectivity index (χ4n) is 13.1. The third-order valence-corrected chi connectivity index (χ3v) is 20.1. The minimum Gasteiger partial charge on any atom is -0.489 e. The molecule has 1 N–H and O–H groups in total. The largest absolute Gasteiger partial charge is 0.489 e. The van der Waals surface area contributed by atoms with Crippen LogP contribution < -0.4 is 66.3 Å². The van der Waals surface area contributed by atoms with Crippen LogP contribution in [0.2, 0.25) is 0 Å². The summed E-state index contributed by atoms with van der Waals surface area (Å²) in [6, 6.07) is 118. The van der Waals surface area contributed by atoms with E-state index in [4.69, 9.17) is 66.3 Å². The SMILES string of the molecule is OCc1cc(OCc2cc(OCc3cc(OCc4ccccc4)cc(OCc4ccccc4)c3)cc(OCc3cc(OCc4ccccc4)cc(OCc4ccccc4)c3)c2)cc(OCc2cc(OCc3cc(OCc4ccccc4)cc(OCc4ccccc4)c3)cc(OCc3cc(OCc4ccccc4)c(Br)c(OCc4ccccc4)c3)c2)c1. The number of rotatable bonds is 43. The van der Waals surface area contributed by atoms with E-state index in [-0.39, 0.29) is 46.2 Å². The molecule has 0 saturated heterocycles. The zero-order chi connectivity index (χ0) is 82.3. The lowest BCUT2D eigenvalue weighted by molar-refractivity contribution is 0.265. The topological polar surface area (TPSA) is 149 Å². The van der Waals surface area contributed by atoms with Gasteiger partial charge in [0.1, 0.15) is 177 Å². The Hall–Kier alpha value is -14.1. The Balaban J connectivity index is 0.701. The molecule has 0 bridgehead atoms. The summed E-state index contributed by atoms with van der Waals surface area (Å²) in [5.41, 5.74) is 13.4. The smallest absolute Gasteiger partial charge is 0.138 e. The maximum Gasteiger partial charge on any atom is 0.138 e. The first-order valence-electron chi connectivity index (χ1n) is 40.0. The van der Waals surface area contributed by atoms with Crippen LogP contribution in [0, 0.1) is 0 Å². The maximum absolute atomic E-state index is 10.9. The predicted molar refractivity (Wildman–Crippen MR) is 471 cm³/mol. The van der Waals surface area contributed by atoms with Gasteiger partial charge in [-0.1, -0.05) is 243 Å². The molecule has 121 heavy (non-hydrogen) atoms. The van der Waals surface area contributed by atoms with E-state index in [1.807, 2.05) is 346 Å². The van der Waals surface area contributed by atoms with Crippen LogP contribution in [-0.2, 0) is 99.1 Å². The van der Waals surface area contributed by atoms with Gasteiger partial charge < -0.3 is 71.4 Å². The second-order valence-electron chi connectivity index (χ2n) is 28.9. The second kappa shape index (κ2) is 42.9. The normalized spacial score (nSPS) is 10.9. The van der Waals surface area contributed by atoms with Gasteiger partial charge in [-0.3, -0.25) is 0 Å². The van der Waals surface area contributed by atoms with Crippen molar-refractivity contribution in [2.24, 2.45) is 0 Å². The summed E-state index contributed by atoms with van der Waals surface area (Å²) in [4.78, 5) is 0. The van der Waals surface area contributed by atoms with Crippen molar-refractivity contribution < 1.29 is 71.4 Å². The van der Waals surface area contributed by atoms with Gasteiger partial charge in [0, 0.05) is 36.4 Å². The van der Waals surface area contributed by atoms with Gasteiger partial charge in [-0.25, -0.2) is 0 Å². The molecule has 0 aliphatic rings. The maximum atomic E-state index is 10.9. The van der Waals surface area contributed by atoms with Crippen LogP contribution in [0.3, 0.4) is 0 Å². The molecule has 15 nitrogen and oxygen atoms in total. The lowest BCUT2D eigenvalue weighted by Gasteiger charge is -2.17. The Morgan fingerprint density at radius 1 is 0.149 bits per heavy atom. The number of aliphatic hydroxyl groups is 1. The summed E-state index contributed by atoms with van der Waals surface area (Å²) < 4.78 is 92.6. The molecular formula is C105H91BrO15. The van der Waals surface area contributed by atoms with Crippen LogP contribution in [-0.4, -0.2) is 5.11 Å². The molecule has 608 valence electrons. The van der Waals surface area contributed by atoms with Crippen molar-refractivity contribution in [3.05, 3.63) is 452 Å². The van der Waals surface area contributed by atoms with Crippen molar-refractivity contribution in [3.63, 3.8) is 0 Å². The molecule has 0 atom stereocenters. The highest BCUT2D eigenvalue weighted by Gasteiger charge is 2.18.